The lowest BCUT2D eigenvalue weighted by Gasteiger charge is -2.33. The Balaban J connectivity index is 0.000000892. The molecule has 0 saturated carbocycles. The molecule has 0 aromatic heterocycles. The summed E-state index contributed by atoms with van der Waals surface area (Å²) in [7, 11) is 3.72. The van der Waals surface area contributed by atoms with Crippen LogP contribution in [0.2, 0.25) is 0 Å². The fourth-order valence-electron chi connectivity index (χ4n) is 2.90. The van der Waals surface area contributed by atoms with Gasteiger partial charge in [-0.2, -0.15) is 0 Å². The highest BCUT2D eigenvalue weighted by Crippen LogP contribution is 2.27. The molecule has 1 saturated heterocycles. The van der Waals surface area contributed by atoms with Crippen LogP contribution in [-0.4, -0.2) is 76.4 Å². The molecule has 1 aliphatic rings. The van der Waals surface area contributed by atoms with E-state index in [1.165, 1.54) is 16.7 Å². The van der Waals surface area contributed by atoms with Gasteiger partial charge in [-0.15, -0.1) is 0 Å². The number of carboxylic acids is 2. The fourth-order valence-corrected chi connectivity index (χ4v) is 2.90. The molecule has 9 heteroatoms. The minimum atomic E-state index is -1.08. The van der Waals surface area contributed by atoms with E-state index in [2.05, 4.69) is 11.9 Å². The Labute approximate surface area is 165 Å². The smallest absolute Gasteiger partial charge is 0.337 e. The van der Waals surface area contributed by atoms with Crippen LogP contribution in [0.4, 0.5) is 11.4 Å². The number of aliphatic carboxylic acids is 1. The molecule has 0 spiro atoms. The molecule has 1 amide bonds. The molecule has 1 aromatic carbocycles. The summed E-state index contributed by atoms with van der Waals surface area (Å²) in [6, 6.07) is 5.21. The fraction of sp³-hybridized carbons (Fsp3) is 0.526. The van der Waals surface area contributed by atoms with Crippen molar-refractivity contribution < 1.29 is 34.2 Å². The molecule has 1 aliphatic heterocycles. The van der Waals surface area contributed by atoms with E-state index in [4.69, 9.17) is 14.6 Å². The molecule has 0 bridgehead atoms. The molecule has 0 aliphatic carbocycles. The van der Waals surface area contributed by atoms with Crippen molar-refractivity contribution >= 4 is 29.2 Å². The number of methoxy groups -OCH3 is 1. The lowest BCUT2D eigenvalue weighted by atomic mass is 10.1. The molecule has 1 fully saturated rings. The monoisotopic (exact) mass is 395 g/mol. The Morgan fingerprint density at radius 1 is 1.25 bits per heavy atom. The number of quaternary nitrogens is 1. The second kappa shape index (κ2) is 11.3. The molecular weight excluding hydrogens is 366 g/mol. The van der Waals surface area contributed by atoms with Crippen LogP contribution in [0.25, 0.3) is 0 Å². The van der Waals surface area contributed by atoms with Crippen LogP contribution in [-0.2, 0) is 14.3 Å². The van der Waals surface area contributed by atoms with Gasteiger partial charge in [0.1, 0.15) is 0 Å². The van der Waals surface area contributed by atoms with Crippen molar-refractivity contribution in [3.8, 4) is 0 Å². The van der Waals surface area contributed by atoms with Gasteiger partial charge >= 0.3 is 5.97 Å². The number of likely N-dealkylation sites (N-methyl/N-ethyl adjacent to an activating group) is 1. The average molecular weight is 395 g/mol. The third kappa shape index (κ3) is 7.16. The van der Waals surface area contributed by atoms with E-state index in [0.29, 0.717) is 18.8 Å². The summed E-state index contributed by atoms with van der Waals surface area (Å²) >= 11 is 0. The Morgan fingerprint density at radius 3 is 2.29 bits per heavy atom. The summed E-state index contributed by atoms with van der Waals surface area (Å²) in [5, 5.41) is 18.4. The molecule has 1 aromatic rings. The van der Waals surface area contributed by atoms with Gasteiger partial charge in [-0.25, -0.2) is 4.79 Å². The van der Waals surface area contributed by atoms with Gasteiger partial charge < -0.3 is 34.4 Å². The van der Waals surface area contributed by atoms with Crippen LogP contribution >= 0.6 is 0 Å². The zero-order valence-corrected chi connectivity index (χ0v) is 16.9. The topological polar surface area (TPSA) is 115 Å². The van der Waals surface area contributed by atoms with Crippen molar-refractivity contribution in [3.05, 3.63) is 23.8 Å². The zero-order chi connectivity index (χ0) is 21.3. The van der Waals surface area contributed by atoms with Crippen LogP contribution in [0.5, 0.6) is 0 Å². The second-order valence-electron chi connectivity index (χ2n) is 6.61. The number of benzene rings is 1. The Kier molecular flexibility index (Phi) is 9.40. The third-order valence-electron chi connectivity index (χ3n) is 4.38. The predicted molar refractivity (Wildman–Crippen MR) is 103 cm³/mol. The van der Waals surface area contributed by atoms with Gasteiger partial charge in [0.05, 0.1) is 51.1 Å². The summed E-state index contributed by atoms with van der Waals surface area (Å²) in [5.74, 6) is -2.32. The number of nitrogens with zero attached hydrogens (tertiary/aromatic N) is 2. The highest BCUT2D eigenvalue weighted by molar-refractivity contribution is 6.02. The summed E-state index contributed by atoms with van der Waals surface area (Å²) in [6.45, 7) is 6.98. The molecule has 28 heavy (non-hydrogen) atoms. The van der Waals surface area contributed by atoms with Gasteiger partial charge in [-0.3, -0.25) is 4.79 Å². The largest absolute Gasteiger partial charge is 0.550 e. The number of piperazine rings is 1. The van der Waals surface area contributed by atoms with Crippen LogP contribution in [0.3, 0.4) is 0 Å². The number of ether oxygens (including phenoxy) is 1. The molecule has 2 N–H and O–H groups in total. The standard InChI is InChI=1S/C17H25N3O4.C2H4O2/c1-13(21)20(10-11-24-3)16-12-14(4-5-15(16)17(22)23)19-8-6-18(2)7-9-19;1-2(3)4/h4-5,12H,6-11H2,1-3H3,(H,22,23);1H3,(H,3,4). The van der Waals surface area contributed by atoms with Gasteiger partial charge in [-0.1, -0.05) is 0 Å². The number of hydrogen-bond acceptors (Lipinski definition) is 6. The van der Waals surface area contributed by atoms with Gasteiger partial charge in [0, 0.05) is 32.2 Å². The number of carbonyl (C=O) groups is 3. The molecule has 156 valence electrons. The molecule has 1 heterocycles. The maximum Gasteiger partial charge on any atom is 0.337 e. The maximum atomic E-state index is 12.0. The van der Waals surface area contributed by atoms with E-state index in [1.54, 1.807) is 19.2 Å². The molecule has 0 unspecified atom stereocenters. The maximum absolute atomic E-state index is 12.0. The van der Waals surface area contributed by atoms with E-state index < -0.39 is 11.9 Å². The van der Waals surface area contributed by atoms with Crippen molar-refractivity contribution in [2.45, 2.75) is 13.8 Å². The number of anilines is 2. The summed E-state index contributed by atoms with van der Waals surface area (Å²) < 4.78 is 5.05. The summed E-state index contributed by atoms with van der Waals surface area (Å²) in [4.78, 5) is 37.7. The van der Waals surface area contributed by atoms with E-state index >= 15 is 0 Å². The number of hydrogen-bond donors (Lipinski definition) is 2. The summed E-state index contributed by atoms with van der Waals surface area (Å²) in [6.07, 6.45) is 0. The van der Waals surface area contributed by atoms with E-state index in [0.717, 1.165) is 38.8 Å². The first kappa shape index (κ1) is 23.4. The lowest BCUT2D eigenvalue weighted by molar-refractivity contribution is -0.880. The van der Waals surface area contributed by atoms with Gasteiger partial charge in [0.25, 0.3) is 0 Å². The Hall–Kier alpha value is -2.65. The van der Waals surface area contributed by atoms with Crippen molar-refractivity contribution in [2.75, 3.05) is 63.3 Å². The number of amides is 1. The van der Waals surface area contributed by atoms with Crippen LogP contribution in [0, 0.1) is 0 Å². The molecular formula is C19H29N3O6. The molecule has 2 rings (SSSR count). The van der Waals surface area contributed by atoms with Crippen molar-refractivity contribution in [2.24, 2.45) is 0 Å². The zero-order valence-electron chi connectivity index (χ0n) is 16.9. The predicted octanol–water partition coefficient (Wildman–Crippen LogP) is -1.52. The molecule has 0 radical (unpaired) electrons. The quantitative estimate of drug-likeness (QED) is 0.601. The van der Waals surface area contributed by atoms with Crippen molar-refractivity contribution in [3.63, 3.8) is 0 Å². The van der Waals surface area contributed by atoms with E-state index in [9.17, 15) is 14.7 Å². The highest BCUT2D eigenvalue weighted by Gasteiger charge is 2.23. The Morgan fingerprint density at radius 2 is 1.82 bits per heavy atom. The first-order chi connectivity index (χ1) is 13.2. The first-order valence-electron chi connectivity index (χ1n) is 9.05. The number of rotatable bonds is 6. The van der Waals surface area contributed by atoms with Crippen LogP contribution in [0.15, 0.2) is 18.2 Å². The second-order valence-corrected chi connectivity index (χ2v) is 6.61. The number of nitrogens with one attached hydrogen (secondary N) is 1. The first-order valence-corrected chi connectivity index (χ1v) is 9.05. The van der Waals surface area contributed by atoms with Crippen LogP contribution < -0.4 is 19.8 Å². The summed E-state index contributed by atoms with van der Waals surface area (Å²) in [5.41, 5.74) is 1.51. The van der Waals surface area contributed by atoms with Crippen molar-refractivity contribution in [1.82, 2.24) is 0 Å². The lowest BCUT2D eigenvalue weighted by Crippen LogP contribution is -3.12. The Bertz CT molecular complexity index is 682. The minimum Gasteiger partial charge on any atom is -0.550 e. The van der Waals surface area contributed by atoms with Gasteiger partial charge in [0.2, 0.25) is 5.91 Å². The van der Waals surface area contributed by atoms with E-state index in [1.807, 2.05) is 6.07 Å². The number of carboxylic acid groups (broad SMARTS) is 2. The molecule has 0 atom stereocenters. The minimum absolute atomic E-state index is 0.129. The SMILES string of the molecule is CC(=O)[O-].COCCN(C(C)=O)c1cc(N2CC[NH+](C)CC2)ccc1C(=O)O. The van der Waals surface area contributed by atoms with Crippen molar-refractivity contribution in [1.29, 1.82) is 0 Å². The third-order valence-corrected chi connectivity index (χ3v) is 4.38. The number of aromatic carboxylic acids is 1. The number of carbonyl (C=O) groups excluding carboxylic acids is 2. The van der Waals surface area contributed by atoms with Gasteiger partial charge in [0.15, 0.2) is 0 Å². The highest BCUT2D eigenvalue weighted by atomic mass is 16.5. The average Bonchev–Trinajstić information content (AvgIpc) is 2.61. The van der Waals surface area contributed by atoms with E-state index in [-0.39, 0.29) is 11.5 Å². The normalized spacial score (nSPS) is 14.1. The van der Waals surface area contributed by atoms with Gasteiger partial charge in [-0.05, 0) is 25.1 Å². The van der Waals surface area contributed by atoms with Crippen LogP contribution in [0.1, 0.15) is 24.2 Å². The molecule has 9 nitrogen and oxygen atoms in total.